The van der Waals surface area contributed by atoms with Crippen LogP contribution in [0.5, 0.6) is 0 Å². The highest BCUT2D eigenvalue weighted by molar-refractivity contribution is 6.25. The predicted octanol–water partition coefficient (Wildman–Crippen LogP) is 5.37. The highest BCUT2D eigenvalue weighted by Crippen LogP contribution is 2.30. The van der Waals surface area contributed by atoms with Gasteiger partial charge in [0.05, 0.1) is 0 Å². The van der Waals surface area contributed by atoms with Gasteiger partial charge in [0.25, 0.3) is 11.8 Å². The van der Waals surface area contributed by atoms with E-state index in [0.29, 0.717) is 23.5 Å². The van der Waals surface area contributed by atoms with E-state index < -0.39 is 0 Å². The smallest absolute Gasteiger partial charge is 0.261 e. The van der Waals surface area contributed by atoms with Crippen molar-refractivity contribution in [1.29, 1.82) is 0 Å². The van der Waals surface area contributed by atoms with Crippen molar-refractivity contribution >= 4 is 34.2 Å². The van der Waals surface area contributed by atoms with Gasteiger partial charge < -0.3 is 5.32 Å². The van der Waals surface area contributed by atoms with Crippen LogP contribution in [0, 0.1) is 0 Å². The standard InChI is InChI=1S/C26H26N2O3/c1-3-17(2)18-12-14-20(15-13-18)27-23(29)11-6-16-28-25(30)21-9-4-7-19-8-5-10-22(24(19)21)26(28)31/h4-5,7-10,12-15,17H,3,6,11,16H2,1-2H3,(H,27,29)/t17-/m1/s1. The molecular formula is C26H26N2O3. The highest BCUT2D eigenvalue weighted by Gasteiger charge is 2.32. The van der Waals surface area contributed by atoms with Gasteiger partial charge in [-0.25, -0.2) is 0 Å². The van der Waals surface area contributed by atoms with Crippen molar-refractivity contribution in [1.82, 2.24) is 4.90 Å². The largest absolute Gasteiger partial charge is 0.326 e. The summed E-state index contributed by atoms with van der Waals surface area (Å²) in [5.41, 5.74) is 3.08. The fraction of sp³-hybridized carbons (Fsp3) is 0.269. The van der Waals surface area contributed by atoms with E-state index in [1.807, 2.05) is 48.5 Å². The SMILES string of the molecule is CC[C@@H](C)c1ccc(NC(=O)CCCN2C(=O)c3cccc4cccc(c34)C2=O)cc1. The van der Waals surface area contributed by atoms with Gasteiger partial charge in [0, 0.05) is 35.2 Å². The second kappa shape index (κ2) is 8.72. The first-order chi connectivity index (χ1) is 15.0. The summed E-state index contributed by atoms with van der Waals surface area (Å²) in [4.78, 5) is 39.4. The molecular weight excluding hydrogens is 388 g/mol. The molecule has 31 heavy (non-hydrogen) atoms. The molecule has 0 unspecified atom stereocenters. The van der Waals surface area contributed by atoms with Gasteiger partial charge in [-0.2, -0.15) is 0 Å². The van der Waals surface area contributed by atoms with Crippen LogP contribution in [-0.2, 0) is 4.79 Å². The van der Waals surface area contributed by atoms with Crippen LogP contribution >= 0.6 is 0 Å². The van der Waals surface area contributed by atoms with Crippen molar-refractivity contribution in [3.63, 3.8) is 0 Å². The Hall–Kier alpha value is -3.47. The number of amides is 3. The molecule has 0 radical (unpaired) electrons. The molecule has 1 aliphatic heterocycles. The molecule has 0 aliphatic carbocycles. The first-order valence-electron chi connectivity index (χ1n) is 10.8. The van der Waals surface area contributed by atoms with Crippen LogP contribution in [0.2, 0.25) is 0 Å². The molecule has 3 amide bonds. The molecule has 4 rings (SSSR count). The zero-order valence-electron chi connectivity index (χ0n) is 17.9. The van der Waals surface area contributed by atoms with E-state index in [1.54, 1.807) is 12.1 Å². The lowest BCUT2D eigenvalue weighted by molar-refractivity contribution is -0.116. The fourth-order valence-electron chi connectivity index (χ4n) is 4.04. The Balaban J connectivity index is 1.37. The molecule has 1 heterocycles. The Labute approximate surface area is 182 Å². The minimum Gasteiger partial charge on any atom is -0.326 e. The minimum absolute atomic E-state index is 0.129. The molecule has 0 saturated carbocycles. The maximum atomic E-state index is 12.9. The molecule has 0 aromatic heterocycles. The number of nitrogens with one attached hydrogen (secondary N) is 1. The predicted molar refractivity (Wildman–Crippen MR) is 122 cm³/mol. The number of hydrogen-bond donors (Lipinski definition) is 1. The zero-order valence-corrected chi connectivity index (χ0v) is 17.9. The second-order valence-electron chi connectivity index (χ2n) is 8.05. The van der Waals surface area contributed by atoms with Crippen LogP contribution in [0.1, 0.15) is 65.3 Å². The number of imide groups is 1. The topological polar surface area (TPSA) is 66.5 Å². The van der Waals surface area contributed by atoms with E-state index in [9.17, 15) is 14.4 Å². The number of anilines is 1. The molecule has 158 valence electrons. The summed E-state index contributed by atoms with van der Waals surface area (Å²) in [5, 5.41) is 4.49. The van der Waals surface area contributed by atoms with Crippen molar-refractivity contribution in [2.24, 2.45) is 0 Å². The van der Waals surface area contributed by atoms with E-state index >= 15 is 0 Å². The van der Waals surface area contributed by atoms with Gasteiger partial charge in [-0.05, 0) is 54.0 Å². The summed E-state index contributed by atoms with van der Waals surface area (Å²) in [6.45, 7) is 4.54. The molecule has 3 aromatic rings. The van der Waals surface area contributed by atoms with Crippen LogP contribution in [0.15, 0.2) is 60.7 Å². The lowest BCUT2D eigenvalue weighted by Gasteiger charge is -2.27. The molecule has 0 spiro atoms. The summed E-state index contributed by atoms with van der Waals surface area (Å²) < 4.78 is 0. The summed E-state index contributed by atoms with van der Waals surface area (Å²) in [6.07, 6.45) is 1.71. The molecule has 0 fully saturated rings. The van der Waals surface area contributed by atoms with E-state index in [1.165, 1.54) is 10.5 Å². The molecule has 0 bridgehead atoms. The molecule has 1 aliphatic rings. The molecule has 5 heteroatoms. The van der Waals surface area contributed by atoms with Crippen molar-refractivity contribution in [3.05, 3.63) is 77.4 Å². The second-order valence-corrected chi connectivity index (χ2v) is 8.05. The Bertz CT molecular complexity index is 1100. The number of hydrogen-bond acceptors (Lipinski definition) is 3. The highest BCUT2D eigenvalue weighted by atomic mass is 16.2. The van der Waals surface area contributed by atoms with Gasteiger partial charge in [-0.1, -0.05) is 50.2 Å². The van der Waals surface area contributed by atoms with Crippen molar-refractivity contribution in [2.75, 3.05) is 11.9 Å². The average Bonchev–Trinajstić information content (AvgIpc) is 2.79. The van der Waals surface area contributed by atoms with Crippen molar-refractivity contribution < 1.29 is 14.4 Å². The first-order valence-corrected chi connectivity index (χ1v) is 10.8. The number of carbonyl (C=O) groups excluding carboxylic acids is 3. The van der Waals surface area contributed by atoms with Gasteiger partial charge in [-0.3, -0.25) is 19.3 Å². The van der Waals surface area contributed by atoms with Crippen LogP contribution in [0.25, 0.3) is 10.8 Å². The van der Waals surface area contributed by atoms with E-state index in [-0.39, 0.29) is 30.7 Å². The third kappa shape index (κ3) is 4.08. The van der Waals surface area contributed by atoms with Crippen LogP contribution < -0.4 is 5.32 Å². The third-order valence-corrected chi connectivity index (χ3v) is 6.02. The fourth-order valence-corrected chi connectivity index (χ4v) is 4.04. The van der Waals surface area contributed by atoms with E-state index in [2.05, 4.69) is 19.2 Å². The average molecular weight is 415 g/mol. The zero-order chi connectivity index (χ0) is 22.0. The summed E-state index contributed by atoms with van der Waals surface area (Å²) >= 11 is 0. The van der Waals surface area contributed by atoms with Crippen LogP contribution in [0.3, 0.4) is 0 Å². The van der Waals surface area contributed by atoms with Crippen LogP contribution in [0.4, 0.5) is 5.69 Å². The summed E-state index contributed by atoms with van der Waals surface area (Å²) in [5.74, 6) is -0.235. The molecule has 0 saturated heterocycles. The van der Waals surface area contributed by atoms with E-state index in [0.717, 1.165) is 22.9 Å². The Morgan fingerprint density at radius 3 is 2.13 bits per heavy atom. The number of rotatable bonds is 7. The van der Waals surface area contributed by atoms with Crippen molar-refractivity contribution in [2.45, 2.75) is 39.0 Å². The molecule has 1 atom stereocenters. The van der Waals surface area contributed by atoms with E-state index in [4.69, 9.17) is 0 Å². The Morgan fingerprint density at radius 2 is 1.55 bits per heavy atom. The number of nitrogens with zero attached hydrogens (tertiary/aromatic N) is 1. The van der Waals surface area contributed by atoms with Crippen molar-refractivity contribution in [3.8, 4) is 0 Å². The monoisotopic (exact) mass is 414 g/mol. The first kappa shape index (κ1) is 20.8. The van der Waals surface area contributed by atoms with Gasteiger partial charge in [0.2, 0.25) is 5.91 Å². The van der Waals surface area contributed by atoms with Gasteiger partial charge in [0.1, 0.15) is 0 Å². The van der Waals surface area contributed by atoms with Gasteiger partial charge in [0.15, 0.2) is 0 Å². The number of carbonyl (C=O) groups is 3. The number of benzene rings is 3. The molecule has 3 aromatic carbocycles. The quantitative estimate of drug-likeness (QED) is 0.529. The molecule has 1 N–H and O–H groups in total. The third-order valence-electron chi connectivity index (χ3n) is 6.02. The molecule has 5 nitrogen and oxygen atoms in total. The Morgan fingerprint density at radius 1 is 0.935 bits per heavy atom. The minimum atomic E-state index is -0.296. The maximum absolute atomic E-state index is 12.9. The van der Waals surface area contributed by atoms with Gasteiger partial charge in [-0.15, -0.1) is 0 Å². The Kier molecular flexibility index (Phi) is 5.85. The lowest BCUT2D eigenvalue weighted by Crippen LogP contribution is -2.41. The van der Waals surface area contributed by atoms with Crippen LogP contribution in [-0.4, -0.2) is 29.2 Å². The van der Waals surface area contributed by atoms with Gasteiger partial charge >= 0.3 is 0 Å². The summed E-state index contributed by atoms with van der Waals surface area (Å²) in [6, 6.07) is 18.9. The lowest BCUT2D eigenvalue weighted by atomic mass is 9.94. The summed E-state index contributed by atoms with van der Waals surface area (Å²) in [7, 11) is 0. The maximum Gasteiger partial charge on any atom is 0.261 e. The normalized spacial score (nSPS) is 14.1.